The van der Waals surface area contributed by atoms with E-state index in [1.165, 1.54) is 11.3 Å². The van der Waals surface area contributed by atoms with Crippen LogP contribution in [0.1, 0.15) is 34.2 Å². The van der Waals surface area contributed by atoms with Crippen LogP contribution in [0.25, 0.3) is 10.6 Å². The van der Waals surface area contributed by atoms with E-state index in [1.807, 2.05) is 30.5 Å². The molecule has 0 spiro atoms. The van der Waals surface area contributed by atoms with Crippen LogP contribution < -0.4 is 5.32 Å². The van der Waals surface area contributed by atoms with E-state index in [-0.39, 0.29) is 5.91 Å². The summed E-state index contributed by atoms with van der Waals surface area (Å²) in [7, 11) is 0. The van der Waals surface area contributed by atoms with Gasteiger partial charge >= 0.3 is 0 Å². The molecule has 1 amide bonds. The molecule has 23 heavy (non-hydrogen) atoms. The van der Waals surface area contributed by atoms with Gasteiger partial charge in [0.05, 0.1) is 21.3 Å². The number of rotatable bonds is 5. The van der Waals surface area contributed by atoms with E-state index >= 15 is 0 Å². The second-order valence-corrected chi connectivity index (χ2v) is 7.75. The lowest BCUT2D eigenvalue weighted by molar-refractivity contribution is 0.102. The van der Waals surface area contributed by atoms with Crippen LogP contribution >= 0.6 is 22.7 Å². The second-order valence-electron chi connectivity index (χ2n) is 5.72. The van der Waals surface area contributed by atoms with Crippen molar-refractivity contribution in [2.24, 2.45) is 5.92 Å². The van der Waals surface area contributed by atoms with Crippen molar-refractivity contribution >= 4 is 34.4 Å². The van der Waals surface area contributed by atoms with Gasteiger partial charge in [-0.1, -0.05) is 19.9 Å². The summed E-state index contributed by atoms with van der Waals surface area (Å²) in [4.78, 5) is 18.7. The number of aromatic amines is 1. The smallest absolute Gasteiger partial charge is 0.268 e. The summed E-state index contributed by atoms with van der Waals surface area (Å²) in [6.45, 7) is 6.16. The van der Waals surface area contributed by atoms with Crippen molar-refractivity contribution in [1.82, 2.24) is 15.2 Å². The Hall–Kier alpha value is -1.99. The molecule has 0 aromatic carbocycles. The van der Waals surface area contributed by atoms with E-state index in [0.717, 1.165) is 27.7 Å². The quantitative estimate of drug-likeness (QED) is 0.721. The molecule has 0 aliphatic heterocycles. The molecular weight excluding hydrogens is 328 g/mol. The molecule has 0 radical (unpaired) electrons. The fourth-order valence-corrected chi connectivity index (χ4v) is 4.08. The zero-order chi connectivity index (χ0) is 16.4. The summed E-state index contributed by atoms with van der Waals surface area (Å²) in [5, 5.41) is 13.0. The number of hydrogen-bond acceptors (Lipinski definition) is 5. The zero-order valence-electron chi connectivity index (χ0n) is 13.2. The predicted molar refractivity (Wildman–Crippen MR) is 95.2 cm³/mol. The van der Waals surface area contributed by atoms with Crippen LogP contribution in [0.5, 0.6) is 0 Å². The number of thiazole rings is 1. The van der Waals surface area contributed by atoms with Gasteiger partial charge in [0, 0.05) is 12.5 Å². The number of H-pyrrole nitrogens is 1. The van der Waals surface area contributed by atoms with E-state index in [9.17, 15) is 4.79 Å². The summed E-state index contributed by atoms with van der Waals surface area (Å²) in [5.74, 6) is 0.895. The third-order valence-corrected chi connectivity index (χ3v) is 5.32. The van der Waals surface area contributed by atoms with E-state index in [4.69, 9.17) is 0 Å². The van der Waals surface area contributed by atoms with Gasteiger partial charge < -0.3 is 5.32 Å². The van der Waals surface area contributed by atoms with Gasteiger partial charge in [-0.3, -0.25) is 9.89 Å². The first-order chi connectivity index (χ1) is 11.0. The van der Waals surface area contributed by atoms with E-state index in [2.05, 4.69) is 34.3 Å². The molecule has 0 saturated carbocycles. The van der Waals surface area contributed by atoms with Gasteiger partial charge in [-0.2, -0.15) is 5.10 Å². The Labute approximate surface area is 142 Å². The Kier molecular flexibility index (Phi) is 4.58. The molecule has 3 aromatic heterocycles. The van der Waals surface area contributed by atoms with E-state index in [0.29, 0.717) is 16.6 Å². The maximum absolute atomic E-state index is 12.4. The molecule has 0 aliphatic carbocycles. The fraction of sp³-hybridized carbons (Fsp3) is 0.312. The number of anilines is 1. The third kappa shape index (κ3) is 3.68. The minimum atomic E-state index is -0.153. The van der Waals surface area contributed by atoms with Crippen LogP contribution in [-0.4, -0.2) is 21.1 Å². The highest BCUT2D eigenvalue weighted by molar-refractivity contribution is 7.14. The average Bonchev–Trinajstić information content (AvgIpc) is 3.18. The fourth-order valence-electron chi connectivity index (χ4n) is 2.22. The highest BCUT2D eigenvalue weighted by atomic mass is 32.1. The highest BCUT2D eigenvalue weighted by Crippen LogP contribution is 2.25. The van der Waals surface area contributed by atoms with Crippen LogP contribution in [0.2, 0.25) is 0 Å². The molecule has 2 N–H and O–H groups in total. The van der Waals surface area contributed by atoms with Gasteiger partial charge in [-0.25, -0.2) is 4.98 Å². The van der Waals surface area contributed by atoms with Crippen molar-refractivity contribution in [2.75, 3.05) is 5.32 Å². The normalized spacial score (nSPS) is 11.1. The molecule has 0 aliphatic rings. The predicted octanol–water partition coefficient (Wildman–Crippen LogP) is 4.35. The number of aryl methyl sites for hydroxylation is 1. The van der Waals surface area contributed by atoms with Crippen molar-refractivity contribution in [1.29, 1.82) is 0 Å². The number of hydrogen-bond donors (Lipinski definition) is 2. The van der Waals surface area contributed by atoms with Crippen molar-refractivity contribution in [3.63, 3.8) is 0 Å². The van der Waals surface area contributed by atoms with E-state index in [1.54, 1.807) is 11.3 Å². The molecule has 0 atom stereocenters. The number of aromatic nitrogens is 3. The summed E-state index contributed by atoms with van der Waals surface area (Å²) in [6, 6.07) is 5.83. The molecule has 0 unspecified atom stereocenters. The minimum Gasteiger partial charge on any atom is -0.304 e. The monoisotopic (exact) mass is 346 g/mol. The standard InChI is InChI=1S/C16H18N4OS2/c1-9(2)7-14-17-10(3)15(23-14)16(21)18-13-8-11(19-20-13)12-5-4-6-22-12/h4-6,8-9H,7H2,1-3H3,(H2,18,19,20,21). The first kappa shape index (κ1) is 15.9. The molecule has 3 rings (SSSR count). The van der Waals surface area contributed by atoms with Crippen molar-refractivity contribution in [3.05, 3.63) is 39.2 Å². The van der Waals surface area contributed by atoms with Crippen LogP contribution in [0.4, 0.5) is 5.82 Å². The van der Waals surface area contributed by atoms with Crippen molar-refractivity contribution in [3.8, 4) is 10.6 Å². The Morgan fingerprint density at radius 2 is 2.26 bits per heavy atom. The average molecular weight is 346 g/mol. The molecule has 7 heteroatoms. The SMILES string of the molecule is Cc1nc(CC(C)C)sc1C(=O)Nc1cc(-c2cccs2)[nH]n1. The Balaban J connectivity index is 1.73. The molecule has 0 bridgehead atoms. The number of thiophene rings is 1. The maximum atomic E-state index is 12.4. The second kappa shape index (κ2) is 6.64. The largest absolute Gasteiger partial charge is 0.304 e. The summed E-state index contributed by atoms with van der Waals surface area (Å²) in [6.07, 6.45) is 0.893. The van der Waals surface area contributed by atoms with Gasteiger partial charge in [-0.15, -0.1) is 22.7 Å². The van der Waals surface area contributed by atoms with E-state index < -0.39 is 0 Å². The van der Waals surface area contributed by atoms with Gasteiger partial charge in [0.2, 0.25) is 0 Å². The zero-order valence-corrected chi connectivity index (χ0v) is 14.8. The number of amides is 1. The van der Waals surface area contributed by atoms with Crippen LogP contribution in [0, 0.1) is 12.8 Å². The maximum Gasteiger partial charge on any atom is 0.268 e. The summed E-state index contributed by atoms with van der Waals surface area (Å²) >= 11 is 3.08. The highest BCUT2D eigenvalue weighted by Gasteiger charge is 2.17. The molecule has 0 fully saturated rings. The topological polar surface area (TPSA) is 70.7 Å². The molecule has 120 valence electrons. The molecule has 5 nitrogen and oxygen atoms in total. The molecular formula is C16H18N4OS2. The Morgan fingerprint density at radius 3 is 2.96 bits per heavy atom. The lowest BCUT2D eigenvalue weighted by atomic mass is 10.1. The van der Waals surface area contributed by atoms with Gasteiger partial charge in [-0.05, 0) is 24.3 Å². The lowest BCUT2D eigenvalue weighted by Crippen LogP contribution is -2.11. The van der Waals surface area contributed by atoms with Crippen LogP contribution in [0.15, 0.2) is 23.6 Å². The lowest BCUT2D eigenvalue weighted by Gasteiger charge is -1.99. The minimum absolute atomic E-state index is 0.153. The number of nitrogens with zero attached hydrogens (tertiary/aromatic N) is 2. The summed E-state index contributed by atoms with van der Waals surface area (Å²) in [5.41, 5.74) is 1.67. The number of carbonyl (C=O) groups is 1. The number of carbonyl (C=O) groups excluding carboxylic acids is 1. The van der Waals surface area contributed by atoms with Gasteiger partial charge in [0.1, 0.15) is 4.88 Å². The molecule has 3 heterocycles. The van der Waals surface area contributed by atoms with Crippen LogP contribution in [-0.2, 0) is 6.42 Å². The summed E-state index contributed by atoms with van der Waals surface area (Å²) < 4.78 is 0. The van der Waals surface area contributed by atoms with Gasteiger partial charge in [0.25, 0.3) is 5.91 Å². The molecule has 0 saturated heterocycles. The number of nitrogens with one attached hydrogen (secondary N) is 2. The van der Waals surface area contributed by atoms with Crippen molar-refractivity contribution < 1.29 is 4.79 Å². The van der Waals surface area contributed by atoms with Crippen LogP contribution in [0.3, 0.4) is 0 Å². The van der Waals surface area contributed by atoms with Crippen molar-refractivity contribution in [2.45, 2.75) is 27.2 Å². The Morgan fingerprint density at radius 1 is 1.43 bits per heavy atom. The van der Waals surface area contributed by atoms with Gasteiger partial charge in [0.15, 0.2) is 5.82 Å². The first-order valence-electron chi connectivity index (χ1n) is 7.40. The Bertz CT molecular complexity index is 802. The third-order valence-electron chi connectivity index (χ3n) is 3.24. The molecule has 3 aromatic rings. The first-order valence-corrected chi connectivity index (χ1v) is 9.09.